The van der Waals surface area contributed by atoms with Gasteiger partial charge in [0.15, 0.2) is 11.5 Å². The molecule has 0 spiro atoms. The lowest BCUT2D eigenvalue weighted by Crippen LogP contribution is -2.22. The lowest BCUT2D eigenvalue weighted by molar-refractivity contribution is -0.142. The normalized spacial score (nSPS) is 11.6. The maximum Gasteiger partial charge on any atom is 0.434 e. The molecule has 0 aromatic carbocycles. The molecule has 2 aromatic heterocycles. The van der Waals surface area contributed by atoms with Gasteiger partial charge in [-0.3, -0.25) is 9.78 Å². The molecular formula is C10H5F3IN3O. The van der Waals surface area contributed by atoms with Crippen molar-refractivity contribution in [2.24, 2.45) is 0 Å². The second kappa shape index (κ2) is 4.67. The Hall–Kier alpha value is -1.45. The Morgan fingerprint density at radius 3 is 2.56 bits per heavy atom. The van der Waals surface area contributed by atoms with Crippen molar-refractivity contribution in [3.63, 3.8) is 0 Å². The number of hydrogen-bond acceptors (Lipinski definition) is 3. The summed E-state index contributed by atoms with van der Waals surface area (Å²) in [6.45, 7) is 0. The van der Waals surface area contributed by atoms with Crippen LogP contribution in [0.3, 0.4) is 0 Å². The van der Waals surface area contributed by atoms with E-state index in [1.54, 1.807) is 12.1 Å². The van der Waals surface area contributed by atoms with Crippen molar-refractivity contribution in [1.29, 1.82) is 0 Å². The Labute approximate surface area is 112 Å². The van der Waals surface area contributed by atoms with E-state index in [1.807, 2.05) is 0 Å². The van der Waals surface area contributed by atoms with Crippen molar-refractivity contribution in [1.82, 2.24) is 15.0 Å². The summed E-state index contributed by atoms with van der Waals surface area (Å²) in [5.41, 5.74) is -1.86. The molecule has 0 unspecified atom stereocenters. The Bertz CT molecular complexity index is 625. The van der Waals surface area contributed by atoms with Gasteiger partial charge in [0.1, 0.15) is 9.26 Å². The molecule has 8 heteroatoms. The molecule has 0 atom stereocenters. The number of nitrogens with zero attached hydrogens (tertiary/aromatic N) is 2. The largest absolute Gasteiger partial charge is 0.434 e. The maximum absolute atomic E-state index is 12.7. The third-order valence-corrected chi connectivity index (χ3v) is 3.04. The van der Waals surface area contributed by atoms with Crippen LogP contribution in [0.1, 0.15) is 5.69 Å². The van der Waals surface area contributed by atoms with Crippen LogP contribution in [0.5, 0.6) is 0 Å². The van der Waals surface area contributed by atoms with Crippen LogP contribution >= 0.6 is 22.6 Å². The van der Waals surface area contributed by atoms with E-state index in [1.165, 1.54) is 34.9 Å². The monoisotopic (exact) mass is 367 g/mol. The van der Waals surface area contributed by atoms with Gasteiger partial charge in [0.05, 0.1) is 0 Å². The standard InChI is InChI=1S/C10H5F3IN3O/c11-10(12,13)7-6(14)9(18)17-8(16-7)5-3-1-2-4-15-5/h1-4H,(H,16,17,18). The molecule has 2 aromatic rings. The molecule has 0 aliphatic rings. The number of pyridine rings is 1. The SMILES string of the molecule is O=c1[nH]c(-c2ccccn2)nc(C(F)(F)F)c1I. The summed E-state index contributed by atoms with van der Waals surface area (Å²) in [5, 5.41) is 0. The van der Waals surface area contributed by atoms with Crippen molar-refractivity contribution in [3.05, 3.63) is 44.0 Å². The van der Waals surface area contributed by atoms with E-state index in [0.29, 0.717) is 0 Å². The number of nitrogens with one attached hydrogen (secondary N) is 1. The topological polar surface area (TPSA) is 58.6 Å². The molecule has 0 aliphatic heterocycles. The molecule has 2 rings (SSSR count). The van der Waals surface area contributed by atoms with E-state index in [-0.39, 0.29) is 11.5 Å². The van der Waals surface area contributed by atoms with E-state index in [4.69, 9.17) is 0 Å². The van der Waals surface area contributed by atoms with Crippen molar-refractivity contribution in [2.45, 2.75) is 6.18 Å². The average molecular weight is 367 g/mol. The first-order valence-electron chi connectivity index (χ1n) is 4.68. The van der Waals surface area contributed by atoms with Gasteiger partial charge in [-0.25, -0.2) is 4.98 Å². The second-order valence-electron chi connectivity index (χ2n) is 3.29. The van der Waals surface area contributed by atoms with Crippen LogP contribution < -0.4 is 5.56 Å². The van der Waals surface area contributed by atoms with Gasteiger partial charge in [0.2, 0.25) is 0 Å². The third kappa shape index (κ3) is 2.52. The quantitative estimate of drug-likeness (QED) is 0.788. The molecule has 0 amide bonds. The van der Waals surface area contributed by atoms with Crippen molar-refractivity contribution < 1.29 is 13.2 Å². The molecule has 0 bridgehead atoms. The summed E-state index contributed by atoms with van der Waals surface area (Å²) in [6.07, 6.45) is -3.27. The predicted molar refractivity (Wildman–Crippen MR) is 65.8 cm³/mol. The van der Waals surface area contributed by atoms with Crippen molar-refractivity contribution >= 4 is 22.6 Å². The Balaban J connectivity index is 2.66. The summed E-state index contributed by atoms with van der Waals surface area (Å²) in [4.78, 5) is 21.0. The van der Waals surface area contributed by atoms with Crippen LogP contribution in [0.15, 0.2) is 29.2 Å². The lowest BCUT2D eigenvalue weighted by Gasteiger charge is -2.09. The van der Waals surface area contributed by atoms with E-state index in [2.05, 4.69) is 15.0 Å². The molecule has 0 saturated heterocycles. The molecule has 0 fully saturated rings. The number of hydrogen-bond donors (Lipinski definition) is 1. The number of aromatic nitrogens is 3. The molecular weight excluding hydrogens is 362 g/mol. The Kier molecular flexibility index (Phi) is 3.37. The summed E-state index contributed by atoms with van der Waals surface area (Å²) in [7, 11) is 0. The van der Waals surface area contributed by atoms with Crippen LogP contribution in [0, 0.1) is 3.57 Å². The van der Waals surface area contributed by atoms with Gasteiger partial charge in [-0.05, 0) is 34.7 Å². The van der Waals surface area contributed by atoms with Gasteiger partial charge < -0.3 is 4.98 Å². The lowest BCUT2D eigenvalue weighted by atomic mass is 10.3. The van der Waals surface area contributed by atoms with Gasteiger partial charge >= 0.3 is 6.18 Å². The first-order valence-corrected chi connectivity index (χ1v) is 5.76. The molecule has 2 heterocycles. The molecule has 0 saturated carbocycles. The summed E-state index contributed by atoms with van der Waals surface area (Å²) in [5.74, 6) is -0.201. The average Bonchev–Trinajstić information content (AvgIpc) is 2.32. The zero-order valence-electron chi connectivity index (χ0n) is 8.62. The zero-order chi connectivity index (χ0) is 13.3. The number of rotatable bonds is 1. The highest BCUT2D eigenvalue weighted by Gasteiger charge is 2.36. The number of H-pyrrole nitrogens is 1. The van der Waals surface area contributed by atoms with Crippen molar-refractivity contribution in [3.8, 4) is 11.5 Å². The highest BCUT2D eigenvalue weighted by molar-refractivity contribution is 14.1. The number of aromatic amines is 1. The fourth-order valence-corrected chi connectivity index (χ4v) is 1.83. The highest BCUT2D eigenvalue weighted by atomic mass is 127. The van der Waals surface area contributed by atoms with Gasteiger partial charge in [0, 0.05) is 6.20 Å². The fourth-order valence-electron chi connectivity index (χ4n) is 1.27. The van der Waals surface area contributed by atoms with Crippen LogP contribution in [0.25, 0.3) is 11.5 Å². The molecule has 4 nitrogen and oxygen atoms in total. The molecule has 94 valence electrons. The van der Waals surface area contributed by atoms with E-state index < -0.39 is 21.0 Å². The summed E-state index contributed by atoms with van der Waals surface area (Å²) < 4.78 is 37.6. The summed E-state index contributed by atoms with van der Waals surface area (Å²) >= 11 is 1.32. The van der Waals surface area contributed by atoms with Crippen molar-refractivity contribution in [2.75, 3.05) is 0 Å². The maximum atomic E-state index is 12.7. The summed E-state index contributed by atoms with van der Waals surface area (Å²) in [6, 6.07) is 4.66. The molecule has 1 N–H and O–H groups in total. The van der Waals surface area contributed by atoms with E-state index >= 15 is 0 Å². The molecule has 0 aliphatic carbocycles. The smallest absolute Gasteiger partial charge is 0.304 e. The Morgan fingerprint density at radius 1 is 1.28 bits per heavy atom. The zero-order valence-corrected chi connectivity index (χ0v) is 10.8. The molecule has 0 radical (unpaired) electrons. The van der Waals surface area contributed by atoms with Crippen LogP contribution in [-0.4, -0.2) is 15.0 Å². The Morgan fingerprint density at radius 2 is 2.00 bits per heavy atom. The highest BCUT2D eigenvalue weighted by Crippen LogP contribution is 2.30. The number of halogens is 4. The fraction of sp³-hybridized carbons (Fsp3) is 0.100. The van der Waals surface area contributed by atoms with Crippen LogP contribution in [0.2, 0.25) is 0 Å². The second-order valence-corrected chi connectivity index (χ2v) is 4.37. The third-order valence-electron chi connectivity index (χ3n) is 2.04. The first kappa shape index (κ1) is 13.0. The minimum absolute atomic E-state index is 0.177. The first-order chi connectivity index (χ1) is 8.39. The van der Waals surface area contributed by atoms with Gasteiger partial charge in [-0.1, -0.05) is 6.07 Å². The van der Waals surface area contributed by atoms with Crippen LogP contribution in [-0.2, 0) is 6.18 Å². The van der Waals surface area contributed by atoms with Gasteiger partial charge in [0.25, 0.3) is 5.56 Å². The predicted octanol–water partition coefficient (Wildman–Crippen LogP) is 2.46. The molecule has 18 heavy (non-hydrogen) atoms. The van der Waals surface area contributed by atoms with E-state index in [0.717, 1.165) is 0 Å². The minimum Gasteiger partial charge on any atom is -0.304 e. The van der Waals surface area contributed by atoms with Gasteiger partial charge in [-0.15, -0.1) is 0 Å². The van der Waals surface area contributed by atoms with Crippen LogP contribution in [0.4, 0.5) is 13.2 Å². The van der Waals surface area contributed by atoms with E-state index in [9.17, 15) is 18.0 Å². The van der Waals surface area contributed by atoms with Gasteiger partial charge in [-0.2, -0.15) is 13.2 Å². The minimum atomic E-state index is -4.67. The number of alkyl halides is 3.